The zero-order chi connectivity index (χ0) is 20.0. The summed E-state index contributed by atoms with van der Waals surface area (Å²) in [7, 11) is -0.576. The number of carbonyl (C=O) groups is 1. The van der Waals surface area contributed by atoms with E-state index in [9.17, 15) is 13.2 Å². The third-order valence-electron chi connectivity index (χ3n) is 4.36. The van der Waals surface area contributed by atoms with Gasteiger partial charge >= 0.3 is 0 Å². The molecule has 144 valence electrons. The van der Waals surface area contributed by atoms with Crippen LogP contribution in [0, 0.1) is 13.8 Å². The first-order valence-electron chi connectivity index (χ1n) is 8.68. The Morgan fingerprint density at radius 3 is 2.33 bits per heavy atom. The molecule has 0 N–H and O–H groups in total. The Hall–Kier alpha value is -2.44. The van der Waals surface area contributed by atoms with E-state index in [1.807, 2.05) is 56.3 Å². The molecule has 0 spiro atoms. The van der Waals surface area contributed by atoms with E-state index in [-0.39, 0.29) is 12.5 Å². The van der Waals surface area contributed by atoms with Crippen molar-refractivity contribution < 1.29 is 13.2 Å². The predicted octanol–water partition coefficient (Wildman–Crippen LogP) is 3.19. The molecule has 2 aromatic rings. The van der Waals surface area contributed by atoms with Crippen molar-refractivity contribution in [1.29, 1.82) is 0 Å². The topological polar surface area (TPSA) is 57.7 Å². The van der Waals surface area contributed by atoms with E-state index < -0.39 is 10.0 Å². The van der Waals surface area contributed by atoms with Gasteiger partial charge in [-0.25, -0.2) is 8.42 Å². The van der Waals surface area contributed by atoms with Gasteiger partial charge in [-0.05, 0) is 36.6 Å². The monoisotopic (exact) mass is 386 g/mol. The summed E-state index contributed by atoms with van der Waals surface area (Å²) in [5, 5.41) is 1.12. The molecule has 0 heterocycles. The molecule has 2 rings (SSSR count). The summed E-state index contributed by atoms with van der Waals surface area (Å²) in [4.78, 5) is 14.0. The molecule has 0 aliphatic rings. The highest BCUT2D eigenvalue weighted by molar-refractivity contribution is 7.92. The standard InChI is InChI=1S/C21H26N2O3S/c1-17-10-11-20(18(2)14-17)15-22(3)21(24)16-23(4)27(25,26)13-12-19-8-6-5-7-9-19/h5-14H,15-16H2,1-4H3/b13-12+. The summed E-state index contributed by atoms with van der Waals surface area (Å²) < 4.78 is 25.8. The second kappa shape index (κ2) is 8.97. The first-order valence-corrected chi connectivity index (χ1v) is 10.2. The zero-order valence-electron chi connectivity index (χ0n) is 16.2. The van der Waals surface area contributed by atoms with Crippen molar-refractivity contribution in [2.24, 2.45) is 0 Å². The van der Waals surface area contributed by atoms with Crippen molar-refractivity contribution in [3.05, 3.63) is 76.2 Å². The largest absolute Gasteiger partial charge is 0.340 e. The number of benzene rings is 2. The number of nitrogens with zero attached hydrogens (tertiary/aromatic N) is 2. The van der Waals surface area contributed by atoms with Crippen LogP contribution in [0.4, 0.5) is 0 Å². The first-order chi connectivity index (χ1) is 12.7. The van der Waals surface area contributed by atoms with Crippen molar-refractivity contribution in [3.63, 3.8) is 0 Å². The minimum absolute atomic E-state index is 0.205. The lowest BCUT2D eigenvalue weighted by Crippen LogP contribution is -2.38. The van der Waals surface area contributed by atoms with Gasteiger partial charge in [0.1, 0.15) is 0 Å². The van der Waals surface area contributed by atoms with Gasteiger partial charge in [0.15, 0.2) is 0 Å². The van der Waals surface area contributed by atoms with Crippen LogP contribution in [0.15, 0.2) is 53.9 Å². The number of rotatable bonds is 7. The lowest BCUT2D eigenvalue weighted by molar-refractivity contribution is -0.130. The third-order valence-corrected chi connectivity index (χ3v) is 5.83. The van der Waals surface area contributed by atoms with Gasteiger partial charge < -0.3 is 4.90 Å². The molecule has 1 amide bonds. The molecule has 5 nitrogen and oxygen atoms in total. The number of carbonyl (C=O) groups excluding carboxylic acids is 1. The van der Waals surface area contributed by atoms with Crippen LogP contribution in [0.3, 0.4) is 0 Å². The summed E-state index contributed by atoms with van der Waals surface area (Å²) in [5.41, 5.74) is 4.11. The van der Waals surface area contributed by atoms with Gasteiger partial charge in [-0.3, -0.25) is 4.79 Å². The number of hydrogen-bond donors (Lipinski definition) is 0. The second-order valence-electron chi connectivity index (χ2n) is 6.69. The van der Waals surface area contributed by atoms with Crippen LogP contribution in [0.5, 0.6) is 0 Å². The van der Waals surface area contributed by atoms with Crippen LogP contribution >= 0.6 is 0 Å². The summed E-state index contributed by atoms with van der Waals surface area (Å²) in [5.74, 6) is -0.255. The van der Waals surface area contributed by atoms with E-state index >= 15 is 0 Å². The fourth-order valence-electron chi connectivity index (χ4n) is 2.60. The molecule has 27 heavy (non-hydrogen) atoms. The molecule has 2 aromatic carbocycles. The smallest absolute Gasteiger partial charge is 0.237 e. The maximum Gasteiger partial charge on any atom is 0.237 e. The van der Waals surface area contributed by atoms with Crippen LogP contribution in [0.2, 0.25) is 0 Å². The van der Waals surface area contributed by atoms with Crippen LogP contribution < -0.4 is 0 Å². The predicted molar refractivity (Wildman–Crippen MR) is 109 cm³/mol. The lowest BCUT2D eigenvalue weighted by Gasteiger charge is -2.22. The van der Waals surface area contributed by atoms with Gasteiger partial charge in [0, 0.05) is 26.0 Å². The fourth-order valence-corrected chi connectivity index (χ4v) is 3.43. The Labute approximate surface area is 162 Å². The maximum absolute atomic E-state index is 12.5. The molecule has 0 fully saturated rings. The highest BCUT2D eigenvalue weighted by atomic mass is 32.2. The molecule has 0 unspecified atom stereocenters. The van der Waals surface area contributed by atoms with Crippen LogP contribution in [-0.2, 0) is 21.4 Å². The quantitative estimate of drug-likeness (QED) is 0.734. The van der Waals surface area contributed by atoms with E-state index in [1.165, 1.54) is 18.7 Å². The molecule has 0 bridgehead atoms. The summed E-state index contributed by atoms with van der Waals surface area (Å²) in [6, 6.07) is 15.2. The first kappa shape index (κ1) is 20.9. The van der Waals surface area contributed by atoms with Crippen LogP contribution in [-0.4, -0.2) is 44.2 Å². The fraction of sp³-hybridized carbons (Fsp3) is 0.286. The van der Waals surface area contributed by atoms with E-state index in [0.717, 1.165) is 26.4 Å². The van der Waals surface area contributed by atoms with E-state index in [4.69, 9.17) is 0 Å². The molecule has 0 saturated heterocycles. The van der Waals surface area contributed by atoms with Crippen LogP contribution in [0.25, 0.3) is 6.08 Å². The van der Waals surface area contributed by atoms with Crippen molar-refractivity contribution in [2.45, 2.75) is 20.4 Å². The molecule has 0 atom stereocenters. The van der Waals surface area contributed by atoms with Crippen LogP contribution in [0.1, 0.15) is 22.3 Å². The molecule has 6 heteroatoms. The van der Waals surface area contributed by atoms with E-state index in [2.05, 4.69) is 6.07 Å². The lowest BCUT2D eigenvalue weighted by atomic mass is 10.1. The molecule has 0 radical (unpaired) electrons. The Morgan fingerprint density at radius 1 is 1.04 bits per heavy atom. The number of hydrogen-bond acceptors (Lipinski definition) is 3. The molecule has 0 aliphatic heterocycles. The highest BCUT2D eigenvalue weighted by Gasteiger charge is 2.20. The Bertz CT molecular complexity index is 922. The molecular formula is C21H26N2O3S. The second-order valence-corrected chi connectivity index (χ2v) is 8.62. The van der Waals surface area contributed by atoms with Gasteiger partial charge in [-0.15, -0.1) is 0 Å². The third kappa shape index (κ3) is 6.05. The molecule has 0 aliphatic carbocycles. The SMILES string of the molecule is Cc1ccc(CN(C)C(=O)CN(C)S(=O)(=O)/C=C/c2ccccc2)c(C)c1. The van der Waals surface area contributed by atoms with Gasteiger partial charge in [-0.1, -0.05) is 54.1 Å². The van der Waals surface area contributed by atoms with E-state index in [0.29, 0.717) is 6.54 Å². The number of sulfonamides is 1. The van der Waals surface area contributed by atoms with Crippen molar-refractivity contribution in [3.8, 4) is 0 Å². The maximum atomic E-state index is 12.5. The highest BCUT2D eigenvalue weighted by Crippen LogP contribution is 2.13. The zero-order valence-corrected chi connectivity index (χ0v) is 17.0. The van der Waals surface area contributed by atoms with E-state index in [1.54, 1.807) is 11.9 Å². The van der Waals surface area contributed by atoms with Gasteiger partial charge in [-0.2, -0.15) is 4.31 Å². The number of aryl methyl sites for hydroxylation is 2. The average molecular weight is 387 g/mol. The van der Waals surface area contributed by atoms with Crippen molar-refractivity contribution in [2.75, 3.05) is 20.6 Å². The minimum atomic E-state index is -3.67. The summed E-state index contributed by atoms with van der Waals surface area (Å²) in [6.07, 6.45) is 1.52. The molecule has 0 aromatic heterocycles. The molecule has 0 saturated carbocycles. The Kier molecular flexibility index (Phi) is 6.93. The van der Waals surface area contributed by atoms with Gasteiger partial charge in [0.25, 0.3) is 0 Å². The van der Waals surface area contributed by atoms with Gasteiger partial charge in [0.05, 0.1) is 6.54 Å². The number of amides is 1. The number of likely N-dealkylation sites (N-methyl/N-ethyl adjacent to an activating group) is 2. The average Bonchev–Trinajstić information content (AvgIpc) is 2.63. The van der Waals surface area contributed by atoms with Gasteiger partial charge in [0.2, 0.25) is 15.9 Å². The normalized spacial score (nSPS) is 11.9. The minimum Gasteiger partial charge on any atom is -0.340 e. The summed E-state index contributed by atoms with van der Waals surface area (Å²) in [6.45, 7) is 4.27. The Balaban J connectivity index is 1.99. The van der Waals surface area contributed by atoms with Crippen molar-refractivity contribution in [1.82, 2.24) is 9.21 Å². The summed E-state index contributed by atoms with van der Waals surface area (Å²) >= 11 is 0. The Morgan fingerprint density at radius 2 is 1.70 bits per heavy atom. The van der Waals surface area contributed by atoms with Crippen molar-refractivity contribution >= 4 is 22.0 Å². The molecular weight excluding hydrogens is 360 g/mol.